The van der Waals surface area contributed by atoms with Crippen molar-refractivity contribution in [3.8, 4) is 11.5 Å². The summed E-state index contributed by atoms with van der Waals surface area (Å²) in [4.78, 5) is 28.8. The lowest BCUT2D eigenvalue weighted by Crippen LogP contribution is -2.29. The van der Waals surface area contributed by atoms with Gasteiger partial charge >= 0.3 is 0 Å². The normalized spacial score (nSPS) is 14.8. The zero-order chi connectivity index (χ0) is 23.8. The van der Waals surface area contributed by atoms with Crippen molar-refractivity contribution in [2.24, 2.45) is 0 Å². The first-order chi connectivity index (χ1) is 16.5. The first kappa shape index (κ1) is 21.8. The van der Waals surface area contributed by atoms with Gasteiger partial charge in [-0.2, -0.15) is 0 Å². The van der Waals surface area contributed by atoms with Gasteiger partial charge in [0.1, 0.15) is 23.7 Å². The van der Waals surface area contributed by atoms with Crippen LogP contribution in [0.25, 0.3) is 11.0 Å². The molecule has 0 bridgehead atoms. The number of ether oxygens (including phenoxy) is 2. The average molecular weight is 474 g/mol. The Bertz CT molecular complexity index is 1480. The van der Waals surface area contributed by atoms with E-state index in [1.54, 1.807) is 72.7 Å². The minimum Gasteiger partial charge on any atom is -0.497 e. The fraction of sp³-hybridized carbons (Fsp3) is 0.111. The van der Waals surface area contributed by atoms with Crippen LogP contribution in [-0.4, -0.2) is 19.6 Å². The van der Waals surface area contributed by atoms with E-state index in [0.29, 0.717) is 39.8 Å². The second kappa shape index (κ2) is 8.72. The molecule has 1 aromatic heterocycles. The Morgan fingerprint density at radius 2 is 1.85 bits per heavy atom. The number of anilines is 1. The number of amides is 1. The molecule has 7 heteroatoms. The van der Waals surface area contributed by atoms with E-state index in [0.717, 1.165) is 5.56 Å². The first-order valence-electron chi connectivity index (χ1n) is 10.6. The Labute approximate surface area is 200 Å². The van der Waals surface area contributed by atoms with Crippen LogP contribution in [0, 0.1) is 0 Å². The molecule has 6 nitrogen and oxygen atoms in total. The third-order valence-corrected chi connectivity index (χ3v) is 5.96. The van der Waals surface area contributed by atoms with Crippen molar-refractivity contribution in [1.29, 1.82) is 0 Å². The number of hydrogen-bond acceptors (Lipinski definition) is 5. The standard InChI is InChI=1S/C27H20ClNO5/c1-3-13-33-19-10-7-16(8-11-19)24-23-25(30)21-14-17(28)9-12-22(21)34-26(23)27(31)29(24)18-5-4-6-20(15-18)32-2/h3-12,14-15,24H,1,13H2,2H3. The topological polar surface area (TPSA) is 69.0 Å². The van der Waals surface area contributed by atoms with E-state index in [4.69, 9.17) is 25.5 Å². The van der Waals surface area contributed by atoms with Gasteiger partial charge in [0.25, 0.3) is 5.91 Å². The summed E-state index contributed by atoms with van der Waals surface area (Å²) < 4.78 is 16.9. The summed E-state index contributed by atoms with van der Waals surface area (Å²) in [5.74, 6) is 0.844. The van der Waals surface area contributed by atoms with E-state index >= 15 is 0 Å². The van der Waals surface area contributed by atoms with E-state index in [9.17, 15) is 9.59 Å². The smallest absolute Gasteiger partial charge is 0.295 e. The highest BCUT2D eigenvalue weighted by molar-refractivity contribution is 6.31. The van der Waals surface area contributed by atoms with Crippen LogP contribution in [0.5, 0.6) is 11.5 Å². The van der Waals surface area contributed by atoms with Crippen molar-refractivity contribution in [2.45, 2.75) is 6.04 Å². The minimum absolute atomic E-state index is 0.0135. The van der Waals surface area contributed by atoms with Gasteiger partial charge in [-0.3, -0.25) is 14.5 Å². The molecule has 5 rings (SSSR count). The number of halogens is 1. The second-order valence-corrected chi connectivity index (χ2v) is 8.20. The largest absolute Gasteiger partial charge is 0.497 e. The van der Waals surface area contributed by atoms with Gasteiger partial charge in [-0.1, -0.05) is 42.5 Å². The lowest BCUT2D eigenvalue weighted by Gasteiger charge is -2.25. The lowest BCUT2D eigenvalue weighted by atomic mass is 9.98. The van der Waals surface area contributed by atoms with Gasteiger partial charge in [0.15, 0.2) is 5.43 Å². The highest BCUT2D eigenvalue weighted by Gasteiger charge is 2.43. The van der Waals surface area contributed by atoms with Crippen LogP contribution in [0.4, 0.5) is 5.69 Å². The van der Waals surface area contributed by atoms with Crippen LogP contribution in [0.2, 0.25) is 5.02 Å². The van der Waals surface area contributed by atoms with Crippen LogP contribution >= 0.6 is 11.6 Å². The molecule has 1 aliphatic rings. The number of methoxy groups -OCH3 is 1. The second-order valence-electron chi connectivity index (χ2n) is 7.76. The molecule has 3 aromatic carbocycles. The quantitative estimate of drug-likeness (QED) is 0.332. The van der Waals surface area contributed by atoms with Gasteiger partial charge in [0.2, 0.25) is 5.76 Å². The Balaban J connectivity index is 1.73. The third kappa shape index (κ3) is 3.62. The lowest BCUT2D eigenvalue weighted by molar-refractivity contribution is 0.0971. The minimum atomic E-state index is -0.706. The van der Waals surface area contributed by atoms with E-state index in [2.05, 4.69) is 6.58 Å². The Morgan fingerprint density at radius 1 is 1.06 bits per heavy atom. The Kier molecular flexibility index (Phi) is 5.59. The van der Waals surface area contributed by atoms with Crippen molar-refractivity contribution < 1.29 is 18.7 Å². The van der Waals surface area contributed by atoms with Gasteiger partial charge < -0.3 is 13.9 Å². The molecule has 2 heterocycles. The molecule has 0 aliphatic carbocycles. The van der Waals surface area contributed by atoms with Crippen LogP contribution in [0.15, 0.2) is 88.6 Å². The third-order valence-electron chi connectivity index (χ3n) is 5.73. The van der Waals surface area contributed by atoms with Crippen molar-refractivity contribution >= 4 is 34.2 Å². The monoisotopic (exact) mass is 473 g/mol. The number of rotatable bonds is 6. The highest BCUT2D eigenvalue weighted by Crippen LogP contribution is 2.42. The number of nitrogens with zero attached hydrogens (tertiary/aromatic N) is 1. The molecule has 1 amide bonds. The number of hydrogen-bond donors (Lipinski definition) is 0. The number of benzene rings is 3. The van der Waals surface area contributed by atoms with Crippen molar-refractivity contribution in [3.63, 3.8) is 0 Å². The van der Waals surface area contributed by atoms with Crippen LogP contribution in [0.3, 0.4) is 0 Å². The molecular formula is C27H20ClNO5. The number of fused-ring (bicyclic) bond motifs is 2. The molecule has 34 heavy (non-hydrogen) atoms. The average Bonchev–Trinajstić information content (AvgIpc) is 3.16. The van der Waals surface area contributed by atoms with Crippen LogP contribution in [-0.2, 0) is 0 Å². The van der Waals surface area contributed by atoms with Gasteiger partial charge in [-0.15, -0.1) is 0 Å². The molecule has 0 spiro atoms. The molecule has 1 aliphatic heterocycles. The molecule has 1 atom stereocenters. The van der Waals surface area contributed by atoms with E-state index < -0.39 is 11.9 Å². The molecule has 0 fully saturated rings. The molecular weight excluding hydrogens is 454 g/mol. The molecule has 0 radical (unpaired) electrons. The van der Waals surface area contributed by atoms with Gasteiger partial charge in [0, 0.05) is 16.8 Å². The maximum absolute atomic E-state index is 13.7. The Morgan fingerprint density at radius 3 is 2.59 bits per heavy atom. The number of carbonyl (C=O) groups is 1. The maximum Gasteiger partial charge on any atom is 0.295 e. The SMILES string of the molecule is C=CCOc1ccc(C2c3c(oc4ccc(Cl)cc4c3=O)C(=O)N2c2cccc(OC)c2)cc1. The predicted molar refractivity (Wildman–Crippen MR) is 131 cm³/mol. The molecule has 170 valence electrons. The fourth-order valence-corrected chi connectivity index (χ4v) is 4.36. The van der Waals surface area contributed by atoms with E-state index in [-0.39, 0.29) is 16.8 Å². The first-order valence-corrected chi connectivity index (χ1v) is 11.0. The summed E-state index contributed by atoms with van der Waals surface area (Å²) in [6.07, 6.45) is 1.66. The van der Waals surface area contributed by atoms with Gasteiger partial charge in [-0.05, 0) is 48.0 Å². The van der Waals surface area contributed by atoms with Crippen LogP contribution in [0.1, 0.15) is 27.7 Å². The van der Waals surface area contributed by atoms with Crippen molar-refractivity contribution in [1.82, 2.24) is 0 Å². The summed E-state index contributed by atoms with van der Waals surface area (Å²) in [7, 11) is 1.56. The molecule has 0 saturated heterocycles. The summed E-state index contributed by atoms with van der Waals surface area (Å²) in [6.45, 7) is 4.03. The van der Waals surface area contributed by atoms with Crippen molar-refractivity contribution in [3.05, 3.63) is 112 Å². The molecule has 4 aromatic rings. The molecule has 0 N–H and O–H groups in total. The molecule has 0 saturated carbocycles. The zero-order valence-electron chi connectivity index (χ0n) is 18.3. The highest BCUT2D eigenvalue weighted by atomic mass is 35.5. The van der Waals surface area contributed by atoms with E-state index in [1.165, 1.54) is 0 Å². The van der Waals surface area contributed by atoms with Gasteiger partial charge in [0.05, 0.1) is 24.1 Å². The maximum atomic E-state index is 13.7. The summed E-state index contributed by atoms with van der Waals surface area (Å²) in [5.41, 5.74) is 1.58. The van der Waals surface area contributed by atoms with Crippen LogP contribution < -0.4 is 19.8 Å². The summed E-state index contributed by atoms with van der Waals surface area (Å²) in [5, 5.41) is 0.733. The summed E-state index contributed by atoms with van der Waals surface area (Å²) >= 11 is 6.15. The zero-order valence-corrected chi connectivity index (χ0v) is 19.0. The molecule has 1 unspecified atom stereocenters. The predicted octanol–water partition coefficient (Wildman–Crippen LogP) is 5.77. The Hall–Kier alpha value is -4.03. The summed E-state index contributed by atoms with van der Waals surface area (Å²) in [6, 6.07) is 18.5. The number of carbonyl (C=O) groups excluding carboxylic acids is 1. The van der Waals surface area contributed by atoms with Gasteiger partial charge in [-0.25, -0.2) is 0 Å². The van der Waals surface area contributed by atoms with Crippen molar-refractivity contribution in [2.75, 3.05) is 18.6 Å². The fourth-order valence-electron chi connectivity index (χ4n) is 4.19. The van der Waals surface area contributed by atoms with E-state index in [1.807, 2.05) is 12.1 Å².